The normalized spacial score (nSPS) is 20.2. The molecule has 0 radical (unpaired) electrons. The molecule has 2 heteroatoms. The summed E-state index contributed by atoms with van der Waals surface area (Å²) in [7, 11) is 0. The molecule has 0 amide bonds. The minimum Gasteiger partial charge on any atom is -0.329 e. The lowest BCUT2D eigenvalue weighted by Crippen LogP contribution is -2.33. The summed E-state index contributed by atoms with van der Waals surface area (Å²) >= 11 is 0. The van der Waals surface area contributed by atoms with Crippen molar-refractivity contribution in [2.75, 3.05) is 13.1 Å². The van der Waals surface area contributed by atoms with Gasteiger partial charge in [0.1, 0.15) is 0 Å². The summed E-state index contributed by atoms with van der Waals surface area (Å²) < 4.78 is 0. The van der Waals surface area contributed by atoms with Crippen LogP contribution in [0.3, 0.4) is 0 Å². The van der Waals surface area contributed by atoms with E-state index in [4.69, 9.17) is 5.73 Å². The molecule has 1 fully saturated rings. The van der Waals surface area contributed by atoms with E-state index in [2.05, 4.69) is 12.2 Å². The van der Waals surface area contributed by atoms with Crippen molar-refractivity contribution in [3.8, 4) is 0 Å². The maximum atomic E-state index is 5.46. The fourth-order valence-electron chi connectivity index (χ4n) is 1.23. The van der Waals surface area contributed by atoms with Gasteiger partial charge in [0.05, 0.1) is 0 Å². The standard InChI is InChI=1S/C9H20N2/c1-8(7-10)11-6-2-3-9-4-5-9/h8-9,11H,2-7,10H2,1H3. The van der Waals surface area contributed by atoms with Crippen LogP contribution in [0.1, 0.15) is 32.6 Å². The highest BCUT2D eigenvalue weighted by Gasteiger charge is 2.19. The molecular formula is C9H20N2. The molecule has 11 heavy (non-hydrogen) atoms. The first-order valence-electron chi connectivity index (χ1n) is 4.76. The van der Waals surface area contributed by atoms with Crippen molar-refractivity contribution in [1.29, 1.82) is 0 Å². The number of rotatable bonds is 6. The van der Waals surface area contributed by atoms with Gasteiger partial charge < -0.3 is 11.1 Å². The first kappa shape index (κ1) is 9.01. The van der Waals surface area contributed by atoms with E-state index in [0.29, 0.717) is 6.04 Å². The van der Waals surface area contributed by atoms with Crippen LogP contribution < -0.4 is 11.1 Å². The molecule has 2 nitrogen and oxygen atoms in total. The summed E-state index contributed by atoms with van der Waals surface area (Å²) in [5.74, 6) is 1.07. The molecule has 1 aliphatic rings. The zero-order chi connectivity index (χ0) is 8.10. The molecule has 1 atom stereocenters. The van der Waals surface area contributed by atoms with E-state index in [-0.39, 0.29) is 0 Å². The van der Waals surface area contributed by atoms with Gasteiger partial charge >= 0.3 is 0 Å². The van der Waals surface area contributed by atoms with Crippen LogP contribution in [0.25, 0.3) is 0 Å². The average Bonchev–Trinajstić information content (AvgIpc) is 2.81. The van der Waals surface area contributed by atoms with Crippen LogP contribution in [0.2, 0.25) is 0 Å². The van der Waals surface area contributed by atoms with Crippen LogP contribution in [0.4, 0.5) is 0 Å². The Bertz CT molecular complexity index is 99.7. The second-order valence-corrected chi connectivity index (χ2v) is 3.68. The summed E-state index contributed by atoms with van der Waals surface area (Å²) in [4.78, 5) is 0. The Morgan fingerprint density at radius 1 is 1.55 bits per heavy atom. The van der Waals surface area contributed by atoms with Gasteiger partial charge in [-0.1, -0.05) is 12.8 Å². The van der Waals surface area contributed by atoms with Crippen LogP contribution in [0, 0.1) is 5.92 Å². The molecule has 0 spiro atoms. The first-order valence-corrected chi connectivity index (χ1v) is 4.76. The molecule has 1 unspecified atom stereocenters. The smallest absolute Gasteiger partial charge is 0.0161 e. The lowest BCUT2D eigenvalue weighted by Gasteiger charge is -2.09. The topological polar surface area (TPSA) is 38.0 Å². The van der Waals surface area contributed by atoms with Gasteiger partial charge in [-0.05, 0) is 32.2 Å². The minimum absolute atomic E-state index is 0.495. The molecule has 66 valence electrons. The van der Waals surface area contributed by atoms with Gasteiger partial charge in [-0.2, -0.15) is 0 Å². The van der Waals surface area contributed by atoms with Crippen LogP contribution in [0.5, 0.6) is 0 Å². The molecule has 0 bridgehead atoms. The van der Waals surface area contributed by atoms with Crippen molar-refractivity contribution in [2.24, 2.45) is 11.7 Å². The Kier molecular flexibility index (Phi) is 3.87. The van der Waals surface area contributed by atoms with Crippen molar-refractivity contribution >= 4 is 0 Å². The fraction of sp³-hybridized carbons (Fsp3) is 1.00. The van der Waals surface area contributed by atoms with E-state index in [0.717, 1.165) is 19.0 Å². The third-order valence-corrected chi connectivity index (χ3v) is 2.33. The molecule has 1 saturated carbocycles. The molecule has 1 rings (SSSR count). The van der Waals surface area contributed by atoms with Crippen LogP contribution >= 0.6 is 0 Å². The predicted molar refractivity (Wildman–Crippen MR) is 48.5 cm³/mol. The second-order valence-electron chi connectivity index (χ2n) is 3.68. The van der Waals surface area contributed by atoms with Crippen molar-refractivity contribution in [2.45, 2.75) is 38.6 Å². The number of nitrogens with two attached hydrogens (primary N) is 1. The lowest BCUT2D eigenvalue weighted by molar-refractivity contribution is 0.523. The highest BCUT2D eigenvalue weighted by atomic mass is 14.9. The maximum Gasteiger partial charge on any atom is 0.0161 e. The number of hydrogen-bond acceptors (Lipinski definition) is 2. The highest BCUT2D eigenvalue weighted by Crippen LogP contribution is 2.33. The molecule has 0 saturated heterocycles. The Hall–Kier alpha value is -0.0800. The molecule has 0 aromatic carbocycles. The molecule has 0 aromatic rings. The van der Waals surface area contributed by atoms with Gasteiger partial charge in [0.2, 0.25) is 0 Å². The van der Waals surface area contributed by atoms with Crippen molar-refractivity contribution in [3.63, 3.8) is 0 Å². The summed E-state index contributed by atoms with van der Waals surface area (Å²) in [6.45, 7) is 4.04. The summed E-state index contributed by atoms with van der Waals surface area (Å²) in [5, 5.41) is 3.39. The Morgan fingerprint density at radius 2 is 2.27 bits per heavy atom. The lowest BCUT2D eigenvalue weighted by atomic mass is 10.2. The van der Waals surface area contributed by atoms with Gasteiger partial charge in [-0.3, -0.25) is 0 Å². The highest BCUT2D eigenvalue weighted by molar-refractivity contribution is 4.73. The van der Waals surface area contributed by atoms with Gasteiger partial charge in [-0.15, -0.1) is 0 Å². The molecule has 1 aliphatic carbocycles. The Morgan fingerprint density at radius 3 is 2.82 bits per heavy atom. The molecule has 3 N–H and O–H groups in total. The number of nitrogens with one attached hydrogen (secondary N) is 1. The van der Waals surface area contributed by atoms with Crippen LogP contribution in [0.15, 0.2) is 0 Å². The van der Waals surface area contributed by atoms with Crippen molar-refractivity contribution in [1.82, 2.24) is 5.32 Å². The van der Waals surface area contributed by atoms with E-state index < -0.39 is 0 Å². The third kappa shape index (κ3) is 4.38. The van der Waals surface area contributed by atoms with Crippen molar-refractivity contribution < 1.29 is 0 Å². The fourth-order valence-corrected chi connectivity index (χ4v) is 1.23. The van der Waals surface area contributed by atoms with Gasteiger partial charge in [-0.25, -0.2) is 0 Å². The molecule has 0 aromatic heterocycles. The quantitative estimate of drug-likeness (QED) is 0.565. The van der Waals surface area contributed by atoms with Crippen molar-refractivity contribution in [3.05, 3.63) is 0 Å². The van der Waals surface area contributed by atoms with E-state index in [1.165, 1.54) is 25.7 Å². The molecule has 0 heterocycles. The Balaban J connectivity index is 1.79. The van der Waals surface area contributed by atoms with Crippen LogP contribution in [-0.4, -0.2) is 19.1 Å². The molecule has 0 aliphatic heterocycles. The monoisotopic (exact) mass is 156 g/mol. The maximum absolute atomic E-state index is 5.46. The second kappa shape index (κ2) is 4.73. The first-order chi connectivity index (χ1) is 5.33. The van der Waals surface area contributed by atoms with E-state index >= 15 is 0 Å². The summed E-state index contributed by atoms with van der Waals surface area (Å²) in [5.41, 5.74) is 5.46. The predicted octanol–water partition coefficient (Wildman–Crippen LogP) is 1.11. The summed E-state index contributed by atoms with van der Waals surface area (Å²) in [6.07, 6.45) is 5.71. The number of hydrogen-bond donors (Lipinski definition) is 2. The van der Waals surface area contributed by atoms with E-state index in [1.807, 2.05) is 0 Å². The Labute approximate surface area is 69.5 Å². The third-order valence-electron chi connectivity index (χ3n) is 2.33. The minimum atomic E-state index is 0.495. The zero-order valence-corrected chi connectivity index (χ0v) is 7.47. The van der Waals surface area contributed by atoms with Crippen LogP contribution in [-0.2, 0) is 0 Å². The van der Waals surface area contributed by atoms with Gasteiger partial charge in [0, 0.05) is 12.6 Å². The average molecular weight is 156 g/mol. The van der Waals surface area contributed by atoms with Gasteiger partial charge in [0.15, 0.2) is 0 Å². The molecular weight excluding hydrogens is 136 g/mol. The summed E-state index contributed by atoms with van der Waals surface area (Å²) in [6, 6.07) is 0.495. The van der Waals surface area contributed by atoms with E-state index in [9.17, 15) is 0 Å². The SMILES string of the molecule is CC(CN)NCCCC1CC1. The van der Waals surface area contributed by atoms with E-state index in [1.54, 1.807) is 0 Å². The zero-order valence-electron chi connectivity index (χ0n) is 7.47. The largest absolute Gasteiger partial charge is 0.329 e. The van der Waals surface area contributed by atoms with Gasteiger partial charge in [0.25, 0.3) is 0 Å².